The minimum absolute atomic E-state index is 0.292. The molecule has 2 amide bonds. The molecule has 0 radical (unpaired) electrons. The van der Waals surface area contributed by atoms with Crippen LogP contribution in [-0.4, -0.2) is 29.2 Å². The van der Waals surface area contributed by atoms with E-state index in [1.165, 1.54) is 0 Å². The van der Waals surface area contributed by atoms with Crippen molar-refractivity contribution in [2.45, 2.75) is 6.92 Å². The molecule has 1 aliphatic rings. The number of hydrogen-bond acceptors (Lipinski definition) is 4. The fraction of sp³-hybridized carbons (Fsp3) is 0.105. The van der Waals surface area contributed by atoms with Crippen molar-refractivity contribution in [2.75, 3.05) is 6.54 Å². The Bertz CT molecular complexity index is 882. The molecule has 1 aliphatic heterocycles. The zero-order chi connectivity index (χ0) is 17.3. The highest BCUT2D eigenvalue weighted by Crippen LogP contribution is 2.30. The third kappa shape index (κ3) is 2.72. The number of carboxylic acids is 1. The van der Waals surface area contributed by atoms with Gasteiger partial charge in [0.1, 0.15) is 0 Å². The molecule has 0 saturated carbocycles. The Hall–Kier alpha value is -3.21. The normalized spacial score (nSPS) is 15.5. The van der Waals surface area contributed by atoms with E-state index >= 15 is 0 Å². The van der Waals surface area contributed by atoms with E-state index in [2.05, 4.69) is 0 Å². The highest BCUT2D eigenvalue weighted by Gasteiger charge is 2.34. The summed E-state index contributed by atoms with van der Waals surface area (Å²) < 4.78 is 0. The van der Waals surface area contributed by atoms with Crippen molar-refractivity contribution in [1.82, 2.24) is 4.90 Å². The Labute approximate surface area is 138 Å². The number of aryl methyl sites for hydroxylation is 1. The highest BCUT2D eigenvalue weighted by molar-refractivity contribution is 6.34. The zero-order valence-corrected chi connectivity index (χ0v) is 13.0. The van der Waals surface area contributed by atoms with E-state index in [-0.39, 0.29) is 0 Å². The number of carboxylic acid groups (broad SMARTS) is 1. The summed E-state index contributed by atoms with van der Waals surface area (Å²) in [5.41, 5.74) is 2.90. The third-order valence-corrected chi connectivity index (χ3v) is 3.94. The molecule has 120 valence electrons. The van der Waals surface area contributed by atoms with Crippen LogP contribution < -0.4 is 5.11 Å². The van der Waals surface area contributed by atoms with Gasteiger partial charge in [0, 0.05) is 11.1 Å². The first kappa shape index (κ1) is 15.7. The second-order valence-electron chi connectivity index (χ2n) is 5.53. The molecular weight excluding hydrogens is 306 g/mol. The monoisotopic (exact) mass is 320 g/mol. The molecule has 0 aromatic heterocycles. The molecule has 0 spiro atoms. The Morgan fingerprint density at radius 3 is 2.29 bits per heavy atom. The third-order valence-electron chi connectivity index (χ3n) is 3.94. The average Bonchev–Trinajstić information content (AvgIpc) is 2.57. The van der Waals surface area contributed by atoms with Gasteiger partial charge in [-0.15, -0.1) is 0 Å². The van der Waals surface area contributed by atoms with Crippen molar-refractivity contribution in [3.63, 3.8) is 0 Å². The summed E-state index contributed by atoms with van der Waals surface area (Å²) in [4.78, 5) is 36.7. The number of carbonyl (C=O) groups is 3. The van der Waals surface area contributed by atoms with Crippen molar-refractivity contribution in [3.8, 4) is 0 Å². The standard InChI is InChI=1S/C19H15NO4/c1-12-6-2-3-7-13(12)10-16-14-8-4-5-9-15(14)18(23)20(19(16)24)11-17(21)22/h2-10H,11H2,1H3,(H,21,22)/p-1/b16-10-. The number of imide groups is 1. The van der Waals surface area contributed by atoms with E-state index < -0.39 is 24.3 Å². The first-order valence-corrected chi connectivity index (χ1v) is 7.42. The minimum atomic E-state index is -1.48. The van der Waals surface area contributed by atoms with Crippen LogP contribution in [0, 0.1) is 6.92 Å². The van der Waals surface area contributed by atoms with Crippen LogP contribution in [0.15, 0.2) is 48.5 Å². The molecule has 3 rings (SSSR count). The van der Waals surface area contributed by atoms with Gasteiger partial charge in [-0.3, -0.25) is 14.5 Å². The van der Waals surface area contributed by atoms with Crippen LogP contribution in [0.1, 0.15) is 27.0 Å². The lowest BCUT2D eigenvalue weighted by Crippen LogP contribution is -2.47. The summed E-state index contributed by atoms with van der Waals surface area (Å²) in [6.07, 6.45) is 1.69. The van der Waals surface area contributed by atoms with Crippen LogP contribution in [0.4, 0.5) is 0 Å². The van der Waals surface area contributed by atoms with Gasteiger partial charge in [0.15, 0.2) is 0 Å². The number of carbonyl (C=O) groups excluding carboxylic acids is 3. The number of benzene rings is 2. The Balaban J connectivity index is 2.18. The lowest BCUT2D eigenvalue weighted by atomic mass is 9.91. The molecule has 0 bridgehead atoms. The first-order valence-electron chi connectivity index (χ1n) is 7.42. The zero-order valence-electron chi connectivity index (χ0n) is 13.0. The van der Waals surface area contributed by atoms with Crippen molar-refractivity contribution in [3.05, 3.63) is 70.8 Å². The summed E-state index contributed by atoms with van der Waals surface area (Å²) in [6.45, 7) is 1.15. The van der Waals surface area contributed by atoms with E-state index in [0.717, 1.165) is 11.1 Å². The molecule has 5 nitrogen and oxygen atoms in total. The van der Waals surface area contributed by atoms with Crippen LogP contribution >= 0.6 is 0 Å². The summed E-state index contributed by atoms with van der Waals surface area (Å²) >= 11 is 0. The summed E-state index contributed by atoms with van der Waals surface area (Å²) in [7, 11) is 0. The van der Waals surface area contributed by atoms with E-state index in [0.29, 0.717) is 21.6 Å². The van der Waals surface area contributed by atoms with Crippen LogP contribution in [0.25, 0.3) is 11.6 Å². The molecule has 2 aromatic carbocycles. The summed E-state index contributed by atoms with van der Waals surface area (Å²) in [5.74, 6) is -2.74. The maximum atomic E-state index is 12.7. The largest absolute Gasteiger partial charge is 0.548 e. The van der Waals surface area contributed by atoms with Crippen molar-refractivity contribution < 1.29 is 19.5 Å². The van der Waals surface area contributed by atoms with E-state index in [1.54, 1.807) is 30.3 Å². The number of rotatable bonds is 3. The lowest BCUT2D eigenvalue weighted by molar-refractivity contribution is -0.305. The predicted octanol–water partition coefficient (Wildman–Crippen LogP) is 1.27. The molecular formula is C19H14NO4-. The van der Waals surface area contributed by atoms with Gasteiger partial charge in [0.2, 0.25) is 0 Å². The second kappa shape index (κ2) is 6.12. The van der Waals surface area contributed by atoms with Gasteiger partial charge in [0.05, 0.1) is 12.5 Å². The van der Waals surface area contributed by atoms with Crippen LogP contribution in [-0.2, 0) is 9.59 Å². The molecule has 2 aromatic rings. The minimum Gasteiger partial charge on any atom is -0.548 e. The van der Waals surface area contributed by atoms with Gasteiger partial charge >= 0.3 is 0 Å². The van der Waals surface area contributed by atoms with Crippen LogP contribution in [0.3, 0.4) is 0 Å². The van der Waals surface area contributed by atoms with Gasteiger partial charge in [-0.25, -0.2) is 0 Å². The topological polar surface area (TPSA) is 77.5 Å². The molecule has 0 fully saturated rings. The van der Waals surface area contributed by atoms with Crippen molar-refractivity contribution in [1.29, 1.82) is 0 Å². The van der Waals surface area contributed by atoms with E-state index in [1.807, 2.05) is 31.2 Å². The maximum absolute atomic E-state index is 12.7. The number of hydrogen-bond donors (Lipinski definition) is 0. The average molecular weight is 320 g/mol. The van der Waals surface area contributed by atoms with Crippen LogP contribution in [0.5, 0.6) is 0 Å². The molecule has 0 aliphatic carbocycles. The molecule has 0 saturated heterocycles. The van der Waals surface area contributed by atoms with E-state index in [4.69, 9.17) is 0 Å². The fourth-order valence-electron chi connectivity index (χ4n) is 2.72. The number of fused-ring (bicyclic) bond motifs is 1. The van der Waals surface area contributed by atoms with Gasteiger partial charge < -0.3 is 9.90 Å². The molecule has 1 heterocycles. The Kier molecular flexibility index (Phi) is 4.00. The van der Waals surface area contributed by atoms with Crippen molar-refractivity contribution >= 4 is 29.4 Å². The summed E-state index contributed by atoms with van der Waals surface area (Å²) in [5, 5.41) is 10.9. The van der Waals surface area contributed by atoms with Gasteiger partial charge in [-0.2, -0.15) is 0 Å². The van der Waals surface area contributed by atoms with Crippen molar-refractivity contribution in [2.24, 2.45) is 0 Å². The van der Waals surface area contributed by atoms with Gasteiger partial charge in [-0.1, -0.05) is 42.5 Å². The highest BCUT2D eigenvalue weighted by atomic mass is 16.4. The Morgan fingerprint density at radius 2 is 1.62 bits per heavy atom. The first-order chi connectivity index (χ1) is 11.5. The number of nitrogens with zero attached hydrogens (tertiary/aromatic N) is 1. The van der Waals surface area contributed by atoms with Crippen LogP contribution in [0.2, 0.25) is 0 Å². The smallest absolute Gasteiger partial charge is 0.261 e. The second-order valence-corrected chi connectivity index (χ2v) is 5.53. The molecule has 24 heavy (non-hydrogen) atoms. The lowest BCUT2D eigenvalue weighted by Gasteiger charge is -2.29. The number of aliphatic carboxylic acids is 1. The quantitative estimate of drug-likeness (QED) is 0.630. The van der Waals surface area contributed by atoms with Gasteiger partial charge in [-0.05, 0) is 35.8 Å². The SMILES string of the molecule is Cc1ccccc1/C=C1\C(=O)N(CC(=O)[O-])C(=O)c2ccccc21. The summed E-state index contributed by atoms with van der Waals surface area (Å²) in [6, 6.07) is 14.2. The molecule has 0 unspecified atom stereocenters. The Morgan fingerprint density at radius 1 is 1.00 bits per heavy atom. The molecule has 5 heteroatoms. The predicted molar refractivity (Wildman–Crippen MR) is 86.5 cm³/mol. The molecule has 0 atom stereocenters. The van der Waals surface area contributed by atoms with Gasteiger partial charge in [0.25, 0.3) is 11.8 Å². The van der Waals surface area contributed by atoms with E-state index in [9.17, 15) is 19.5 Å². The molecule has 0 N–H and O–H groups in total. The fourth-order valence-corrected chi connectivity index (χ4v) is 2.72. The maximum Gasteiger partial charge on any atom is 0.261 e. The number of amides is 2.